The first-order valence-corrected chi connectivity index (χ1v) is 11.4. The molecule has 172 valence electrons. The van der Waals surface area contributed by atoms with Crippen LogP contribution in [0.5, 0.6) is 5.75 Å². The summed E-state index contributed by atoms with van der Waals surface area (Å²) < 4.78 is 7.41. The van der Waals surface area contributed by atoms with E-state index < -0.39 is 5.54 Å². The van der Waals surface area contributed by atoms with Crippen molar-refractivity contribution in [2.45, 2.75) is 32.5 Å². The number of para-hydroxylation sites is 2. The first-order chi connectivity index (χ1) is 16.5. The van der Waals surface area contributed by atoms with Crippen LogP contribution in [0, 0.1) is 0 Å². The molecule has 7 heteroatoms. The van der Waals surface area contributed by atoms with Crippen LogP contribution in [0.25, 0.3) is 11.0 Å². The van der Waals surface area contributed by atoms with E-state index in [1.807, 2.05) is 90.4 Å². The molecule has 0 aliphatic carbocycles. The summed E-state index contributed by atoms with van der Waals surface area (Å²) in [6, 6.07) is 24.6. The molecule has 1 aliphatic rings. The molecule has 5 rings (SSSR count). The molecule has 1 unspecified atom stereocenters. The Morgan fingerprint density at radius 2 is 1.74 bits per heavy atom. The summed E-state index contributed by atoms with van der Waals surface area (Å²) in [7, 11) is 0. The van der Waals surface area contributed by atoms with Gasteiger partial charge in [0.2, 0.25) is 11.7 Å². The van der Waals surface area contributed by atoms with Crippen molar-refractivity contribution in [1.29, 1.82) is 0 Å². The molecule has 3 aromatic carbocycles. The first kappa shape index (κ1) is 21.7. The molecule has 4 aromatic rings. The number of nitrogens with zero attached hydrogens (tertiary/aromatic N) is 3. The Morgan fingerprint density at radius 1 is 1.03 bits per heavy atom. The maximum atomic E-state index is 13.8. The predicted octanol–water partition coefficient (Wildman–Crippen LogP) is 4.17. The van der Waals surface area contributed by atoms with E-state index in [2.05, 4.69) is 10.3 Å². The summed E-state index contributed by atoms with van der Waals surface area (Å²) in [6.07, 6.45) is 0. The van der Waals surface area contributed by atoms with Gasteiger partial charge >= 0.3 is 0 Å². The third-order valence-electron chi connectivity index (χ3n) is 6.20. The average Bonchev–Trinajstić information content (AvgIpc) is 3.23. The highest BCUT2D eigenvalue weighted by Gasteiger charge is 2.49. The van der Waals surface area contributed by atoms with Gasteiger partial charge in [-0.15, -0.1) is 0 Å². The highest BCUT2D eigenvalue weighted by molar-refractivity contribution is 6.12. The van der Waals surface area contributed by atoms with Gasteiger partial charge < -0.3 is 14.6 Å². The molecule has 1 aromatic heterocycles. The van der Waals surface area contributed by atoms with Crippen LogP contribution in [0.3, 0.4) is 0 Å². The summed E-state index contributed by atoms with van der Waals surface area (Å²) in [6.45, 7) is 4.92. The molecular weight excluding hydrogens is 428 g/mol. The number of hydrogen-bond acceptors (Lipinski definition) is 4. The molecule has 0 saturated carbocycles. The summed E-state index contributed by atoms with van der Waals surface area (Å²) >= 11 is 0. The van der Waals surface area contributed by atoms with Gasteiger partial charge in [-0.25, -0.2) is 4.98 Å². The van der Waals surface area contributed by atoms with E-state index in [4.69, 9.17) is 4.74 Å². The van der Waals surface area contributed by atoms with Crippen molar-refractivity contribution < 1.29 is 14.3 Å². The lowest BCUT2D eigenvalue weighted by Gasteiger charge is -2.43. The van der Waals surface area contributed by atoms with E-state index in [0.29, 0.717) is 30.4 Å². The van der Waals surface area contributed by atoms with E-state index in [1.54, 1.807) is 11.8 Å². The minimum atomic E-state index is -1.17. The lowest BCUT2D eigenvalue weighted by molar-refractivity contribution is -0.126. The first-order valence-electron chi connectivity index (χ1n) is 11.4. The quantitative estimate of drug-likeness (QED) is 0.474. The fourth-order valence-electron chi connectivity index (χ4n) is 4.50. The Balaban J connectivity index is 1.56. The molecule has 0 radical (unpaired) electrons. The van der Waals surface area contributed by atoms with Gasteiger partial charge in [-0.3, -0.25) is 14.5 Å². The molecule has 34 heavy (non-hydrogen) atoms. The van der Waals surface area contributed by atoms with Gasteiger partial charge in [0.05, 0.1) is 24.2 Å². The van der Waals surface area contributed by atoms with Crippen LogP contribution < -0.4 is 15.0 Å². The number of amides is 2. The Labute approximate surface area is 198 Å². The van der Waals surface area contributed by atoms with Gasteiger partial charge in [0.25, 0.3) is 5.91 Å². The molecule has 2 heterocycles. The number of fused-ring (bicyclic) bond motifs is 3. The van der Waals surface area contributed by atoms with Crippen molar-refractivity contribution in [3.05, 3.63) is 90.3 Å². The zero-order valence-electron chi connectivity index (χ0n) is 19.2. The number of imidazole rings is 1. The number of nitrogens with one attached hydrogen (secondary N) is 1. The number of hydrogen-bond donors (Lipinski definition) is 1. The fourth-order valence-corrected chi connectivity index (χ4v) is 4.50. The largest absolute Gasteiger partial charge is 0.494 e. The van der Waals surface area contributed by atoms with Crippen LogP contribution in [0.1, 0.15) is 30.0 Å². The monoisotopic (exact) mass is 454 g/mol. The van der Waals surface area contributed by atoms with Crippen molar-refractivity contribution in [3.8, 4) is 5.75 Å². The van der Waals surface area contributed by atoms with Crippen LogP contribution in [0.2, 0.25) is 0 Å². The fraction of sp³-hybridized carbons (Fsp3) is 0.222. The molecule has 0 bridgehead atoms. The zero-order valence-corrected chi connectivity index (χ0v) is 19.2. The smallest absolute Gasteiger partial charge is 0.295 e. The summed E-state index contributed by atoms with van der Waals surface area (Å²) in [4.78, 5) is 33.7. The van der Waals surface area contributed by atoms with Gasteiger partial charge in [0.15, 0.2) is 0 Å². The molecule has 7 nitrogen and oxygen atoms in total. The SMILES string of the molecule is CCOc1ccc(N2C(=O)c3nc4ccccc4n3CC2(C)C(=O)NCc2ccccc2)cc1. The predicted molar refractivity (Wildman–Crippen MR) is 131 cm³/mol. The second-order valence-electron chi connectivity index (χ2n) is 8.52. The Hall–Kier alpha value is -4.13. The number of aromatic nitrogens is 2. The Morgan fingerprint density at radius 3 is 2.47 bits per heavy atom. The minimum absolute atomic E-state index is 0.234. The second kappa shape index (κ2) is 8.67. The van der Waals surface area contributed by atoms with E-state index in [9.17, 15) is 9.59 Å². The van der Waals surface area contributed by atoms with Crippen molar-refractivity contribution in [2.75, 3.05) is 11.5 Å². The highest BCUT2D eigenvalue weighted by atomic mass is 16.5. The molecule has 0 spiro atoms. The number of ether oxygens (including phenoxy) is 1. The molecule has 1 N–H and O–H groups in total. The lowest BCUT2D eigenvalue weighted by Crippen LogP contribution is -2.64. The van der Waals surface area contributed by atoms with Crippen molar-refractivity contribution in [1.82, 2.24) is 14.9 Å². The standard InChI is InChI=1S/C27H26N4O3/c1-3-34-21-15-13-20(14-16-21)31-25(32)24-29-22-11-7-8-12-23(22)30(24)18-27(31,2)26(33)28-17-19-9-5-4-6-10-19/h4-16H,3,17-18H2,1-2H3,(H,28,33). The molecule has 2 amide bonds. The highest BCUT2D eigenvalue weighted by Crippen LogP contribution is 2.35. The van der Waals surface area contributed by atoms with Crippen molar-refractivity contribution in [3.63, 3.8) is 0 Å². The van der Waals surface area contributed by atoms with Crippen LogP contribution >= 0.6 is 0 Å². The number of anilines is 1. The molecule has 0 fully saturated rings. The van der Waals surface area contributed by atoms with E-state index >= 15 is 0 Å². The third kappa shape index (κ3) is 3.69. The van der Waals surface area contributed by atoms with Crippen LogP contribution in [0.4, 0.5) is 5.69 Å². The van der Waals surface area contributed by atoms with E-state index in [1.165, 1.54) is 0 Å². The van der Waals surface area contributed by atoms with E-state index in [-0.39, 0.29) is 18.4 Å². The van der Waals surface area contributed by atoms with Gasteiger partial charge in [0.1, 0.15) is 11.3 Å². The van der Waals surface area contributed by atoms with E-state index in [0.717, 1.165) is 16.6 Å². The van der Waals surface area contributed by atoms with Crippen LogP contribution in [0.15, 0.2) is 78.9 Å². The summed E-state index contributed by atoms with van der Waals surface area (Å²) in [5.74, 6) is 0.479. The summed E-state index contributed by atoms with van der Waals surface area (Å²) in [5.41, 5.74) is 1.99. The van der Waals surface area contributed by atoms with Gasteiger partial charge in [-0.1, -0.05) is 42.5 Å². The third-order valence-corrected chi connectivity index (χ3v) is 6.20. The maximum Gasteiger partial charge on any atom is 0.295 e. The van der Waals surface area contributed by atoms with Gasteiger partial charge in [0, 0.05) is 12.2 Å². The van der Waals surface area contributed by atoms with Crippen LogP contribution in [-0.2, 0) is 17.9 Å². The molecular formula is C27H26N4O3. The number of carbonyl (C=O) groups is 2. The van der Waals surface area contributed by atoms with Crippen molar-refractivity contribution in [2.24, 2.45) is 0 Å². The number of carbonyl (C=O) groups excluding carboxylic acids is 2. The van der Waals surface area contributed by atoms with Crippen molar-refractivity contribution >= 4 is 28.5 Å². The summed E-state index contributed by atoms with van der Waals surface area (Å²) in [5, 5.41) is 3.04. The maximum absolute atomic E-state index is 13.8. The number of benzene rings is 3. The molecule has 1 aliphatic heterocycles. The van der Waals surface area contributed by atoms with Gasteiger partial charge in [-0.2, -0.15) is 0 Å². The zero-order chi connectivity index (χ0) is 23.7. The molecule has 0 saturated heterocycles. The normalized spacial score (nSPS) is 17.5. The van der Waals surface area contributed by atoms with Crippen LogP contribution in [-0.4, -0.2) is 33.5 Å². The molecule has 1 atom stereocenters. The second-order valence-corrected chi connectivity index (χ2v) is 8.52. The Bertz CT molecular complexity index is 1350. The minimum Gasteiger partial charge on any atom is -0.494 e. The number of rotatable bonds is 6. The average molecular weight is 455 g/mol. The Kier molecular flexibility index (Phi) is 5.53. The topological polar surface area (TPSA) is 76.5 Å². The lowest BCUT2D eigenvalue weighted by atomic mass is 9.94. The van der Waals surface area contributed by atoms with Gasteiger partial charge in [-0.05, 0) is 55.8 Å².